The van der Waals surface area contributed by atoms with Crippen molar-refractivity contribution in [3.8, 4) is 11.4 Å². The van der Waals surface area contributed by atoms with Crippen LogP contribution in [0.15, 0.2) is 30.5 Å². The van der Waals surface area contributed by atoms with Crippen LogP contribution in [-0.4, -0.2) is 52.2 Å². The smallest absolute Gasteiger partial charge is 0.321 e. The molecule has 0 bridgehead atoms. The summed E-state index contributed by atoms with van der Waals surface area (Å²) in [4.78, 5) is 26.2. The van der Waals surface area contributed by atoms with E-state index in [4.69, 9.17) is 16.3 Å². The maximum absolute atomic E-state index is 12.4. The second kappa shape index (κ2) is 6.93. The van der Waals surface area contributed by atoms with Crippen molar-refractivity contribution in [3.05, 3.63) is 41.0 Å². The number of pyridine rings is 1. The van der Waals surface area contributed by atoms with Gasteiger partial charge in [0.1, 0.15) is 5.82 Å². The summed E-state index contributed by atoms with van der Waals surface area (Å²) in [6, 6.07) is 7.16. The Hall–Kier alpha value is -2.64. The molecule has 0 atom stereocenters. The Morgan fingerprint density at radius 3 is 2.92 bits per heavy atom. The number of anilines is 1. The molecule has 1 aliphatic heterocycles. The summed E-state index contributed by atoms with van der Waals surface area (Å²) in [5.41, 5.74) is 3.89. The molecule has 0 spiro atoms. The van der Waals surface area contributed by atoms with Gasteiger partial charge >= 0.3 is 6.03 Å². The molecule has 1 aromatic carbocycles. The van der Waals surface area contributed by atoms with Crippen molar-refractivity contribution in [1.29, 1.82) is 0 Å². The summed E-state index contributed by atoms with van der Waals surface area (Å²) in [5.74, 6) is 0.616. The fraction of sp³-hybridized carbons (Fsp3) is 0.278. The molecule has 26 heavy (non-hydrogen) atoms. The number of aromatic amines is 1. The first-order chi connectivity index (χ1) is 12.6. The normalized spacial score (nSPS) is 14.6. The standard InChI is InChI=1S/C18H18ClN5O2/c1-11-8-15-17(20-10-11)23-16(22-15)13-9-12(2-3-14(13)19)21-18(25)24-4-6-26-7-5-24/h2-3,8-10H,4-7H2,1H3,(H,21,25)(H,20,22,23). The fourth-order valence-corrected chi connectivity index (χ4v) is 3.09. The number of urea groups is 1. The lowest BCUT2D eigenvalue weighted by molar-refractivity contribution is 0.0564. The lowest BCUT2D eigenvalue weighted by Crippen LogP contribution is -2.43. The number of carbonyl (C=O) groups is 1. The lowest BCUT2D eigenvalue weighted by atomic mass is 10.2. The van der Waals surface area contributed by atoms with Crippen molar-refractivity contribution >= 4 is 34.5 Å². The third-order valence-electron chi connectivity index (χ3n) is 4.25. The Kier molecular flexibility index (Phi) is 4.48. The van der Waals surface area contributed by atoms with Gasteiger partial charge in [0.05, 0.1) is 23.8 Å². The highest BCUT2D eigenvalue weighted by Crippen LogP contribution is 2.30. The van der Waals surface area contributed by atoms with E-state index in [1.807, 2.05) is 19.1 Å². The topological polar surface area (TPSA) is 83.1 Å². The molecule has 8 heteroatoms. The van der Waals surface area contributed by atoms with Gasteiger partial charge in [-0.15, -0.1) is 0 Å². The minimum Gasteiger partial charge on any atom is -0.378 e. The average molecular weight is 372 g/mol. The van der Waals surface area contributed by atoms with Crippen LogP contribution >= 0.6 is 11.6 Å². The van der Waals surface area contributed by atoms with E-state index in [2.05, 4.69) is 20.3 Å². The van der Waals surface area contributed by atoms with E-state index in [0.29, 0.717) is 54.0 Å². The average Bonchev–Trinajstić information content (AvgIpc) is 3.07. The van der Waals surface area contributed by atoms with Gasteiger partial charge in [-0.05, 0) is 36.8 Å². The maximum atomic E-state index is 12.4. The summed E-state index contributed by atoms with van der Waals surface area (Å²) < 4.78 is 5.27. The summed E-state index contributed by atoms with van der Waals surface area (Å²) in [6.07, 6.45) is 1.77. The number of aryl methyl sites for hydroxylation is 1. The molecule has 2 aromatic heterocycles. The molecule has 0 aliphatic carbocycles. The molecule has 0 radical (unpaired) electrons. The number of morpholine rings is 1. The molecule has 3 aromatic rings. The molecule has 1 saturated heterocycles. The molecule has 134 valence electrons. The highest BCUT2D eigenvalue weighted by molar-refractivity contribution is 6.33. The summed E-state index contributed by atoms with van der Waals surface area (Å²) in [7, 11) is 0. The van der Waals surface area contributed by atoms with Crippen LogP contribution in [0, 0.1) is 6.92 Å². The maximum Gasteiger partial charge on any atom is 0.321 e. The minimum absolute atomic E-state index is 0.150. The third-order valence-corrected chi connectivity index (χ3v) is 4.57. The van der Waals surface area contributed by atoms with E-state index in [-0.39, 0.29) is 6.03 Å². The number of aromatic nitrogens is 3. The van der Waals surface area contributed by atoms with Gasteiger partial charge in [0.2, 0.25) is 0 Å². The molecular formula is C18H18ClN5O2. The van der Waals surface area contributed by atoms with Gasteiger partial charge in [-0.25, -0.2) is 14.8 Å². The number of benzene rings is 1. The van der Waals surface area contributed by atoms with Crippen molar-refractivity contribution in [2.45, 2.75) is 6.92 Å². The molecule has 2 amide bonds. The number of nitrogens with zero attached hydrogens (tertiary/aromatic N) is 3. The predicted octanol–water partition coefficient (Wildman–Crippen LogP) is 3.45. The number of carbonyl (C=O) groups excluding carboxylic acids is 1. The molecule has 7 nitrogen and oxygen atoms in total. The molecule has 0 unspecified atom stereocenters. The Morgan fingerprint density at radius 1 is 1.31 bits per heavy atom. The monoisotopic (exact) mass is 371 g/mol. The van der Waals surface area contributed by atoms with Crippen LogP contribution in [0.25, 0.3) is 22.6 Å². The van der Waals surface area contributed by atoms with Gasteiger partial charge in [-0.3, -0.25) is 0 Å². The van der Waals surface area contributed by atoms with Gasteiger partial charge in [0.25, 0.3) is 0 Å². The number of hydrogen-bond acceptors (Lipinski definition) is 4. The largest absolute Gasteiger partial charge is 0.378 e. The van der Waals surface area contributed by atoms with Crippen LogP contribution in [0.2, 0.25) is 5.02 Å². The third kappa shape index (κ3) is 3.36. The van der Waals surface area contributed by atoms with Gasteiger partial charge in [-0.2, -0.15) is 0 Å². The summed E-state index contributed by atoms with van der Waals surface area (Å²) in [6.45, 7) is 4.26. The number of rotatable bonds is 2. The lowest BCUT2D eigenvalue weighted by Gasteiger charge is -2.27. The first-order valence-electron chi connectivity index (χ1n) is 8.36. The second-order valence-corrected chi connectivity index (χ2v) is 6.60. The first kappa shape index (κ1) is 16.8. The Morgan fingerprint density at radius 2 is 2.12 bits per heavy atom. The summed E-state index contributed by atoms with van der Waals surface area (Å²) in [5, 5.41) is 3.45. The number of hydrogen-bond donors (Lipinski definition) is 2. The quantitative estimate of drug-likeness (QED) is 0.722. The van der Waals surface area contributed by atoms with Crippen molar-refractivity contribution in [2.75, 3.05) is 31.6 Å². The van der Waals surface area contributed by atoms with Crippen molar-refractivity contribution in [1.82, 2.24) is 19.9 Å². The molecule has 4 rings (SSSR count). The number of halogens is 1. The minimum atomic E-state index is -0.150. The van der Waals surface area contributed by atoms with Crippen LogP contribution < -0.4 is 5.32 Å². The van der Waals surface area contributed by atoms with Crippen LogP contribution in [-0.2, 0) is 4.74 Å². The van der Waals surface area contributed by atoms with E-state index in [9.17, 15) is 4.79 Å². The second-order valence-electron chi connectivity index (χ2n) is 6.19. The van der Waals surface area contributed by atoms with Gasteiger partial charge in [-0.1, -0.05) is 11.6 Å². The fourth-order valence-electron chi connectivity index (χ4n) is 2.89. The van der Waals surface area contributed by atoms with E-state index in [1.54, 1.807) is 23.2 Å². The van der Waals surface area contributed by atoms with Crippen molar-refractivity contribution < 1.29 is 9.53 Å². The summed E-state index contributed by atoms with van der Waals surface area (Å²) >= 11 is 6.35. The van der Waals surface area contributed by atoms with E-state index < -0.39 is 0 Å². The molecule has 0 saturated carbocycles. The Balaban J connectivity index is 1.61. The van der Waals surface area contributed by atoms with Crippen molar-refractivity contribution in [2.24, 2.45) is 0 Å². The van der Waals surface area contributed by atoms with Crippen molar-refractivity contribution in [3.63, 3.8) is 0 Å². The predicted molar refractivity (Wildman–Crippen MR) is 100 cm³/mol. The number of H-pyrrole nitrogens is 1. The van der Waals surface area contributed by atoms with E-state index in [0.717, 1.165) is 11.1 Å². The molecular weight excluding hydrogens is 354 g/mol. The highest BCUT2D eigenvalue weighted by atomic mass is 35.5. The zero-order valence-corrected chi connectivity index (χ0v) is 15.0. The Labute approximate surface area is 155 Å². The number of amides is 2. The molecule has 1 fully saturated rings. The number of nitrogens with one attached hydrogen (secondary N) is 2. The number of imidazole rings is 1. The van der Waals surface area contributed by atoms with Gasteiger partial charge < -0.3 is 19.9 Å². The van der Waals surface area contributed by atoms with Crippen LogP contribution in [0.3, 0.4) is 0 Å². The highest BCUT2D eigenvalue weighted by Gasteiger charge is 2.18. The molecule has 2 N–H and O–H groups in total. The van der Waals surface area contributed by atoms with Crippen LogP contribution in [0.5, 0.6) is 0 Å². The van der Waals surface area contributed by atoms with E-state index >= 15 is 0 Å². The SMILES string of the molecule is Cc1cnc2nc(-c3cc(NC(=O)N4CCOCC4)ccc3Cl)[nH]c2c1. The van der Waals surface area contributed by atoms with Gasteiger partial charge in [0.15, 0.2) is 5.65 Å². The van der Waals surface area contributed by atoms with E-state index in [1.165, 1.54) is 0 Å². The zero-order valence-electron chi connectivity index (χ0n) is 14.3. The van der Waals surface area contributed by atoms with Crippen LogP contribution in [0.1, 0.15) is 5.56 Å². The number of ether oxygens (including phenoxy) is 1. The molecule has 3 heterocycles. The molecule has 1 aliphatic rings. The Bertz CT molecular complexity index is 965. The van der Waals surface area contributed by atoms with Crippen LogP contribution in [0.4, 0.5) is 10.5 Å². The first-order valence-corrected chi connectivity index (χ1v) is 8.74. The zero-order chi connectivity index (χ0) is 18.1. The van der Waals surface area contributed by atoms with Gasteiger partial charge in [0, 0.05) is 30.5 Å². The number of fused-ring (bicyclic) bond motifs is 1.